The van der Waals surface area contributed by atoms with Gasteiger partial charge in [-0.2, -0.15) is 0 Å². The van der Waals surface area contributed by atoms with E-state index in [1.54, 1.807) is 18.2 Å². The van der Waals surface area contributed by atoms with Crippen molar-refractivity contribution in [3.05, 3.63) is 23.8 Å². The fraction of sp³-hybridized carbons (Fsp3) is 0.400. The Kier molecular flexibility index (Phi) is 3.59. The van der Waals surface area contributed by atoms with Gasteiger partial charge in [-0.1, -0.05) is 0 Å². The van der Waals surface area contributed by atoms with Crippen molar-refractivity contribution in [3.63, 3.8) is 0 Å². The maximum Gasteiger partial charge on any atom is 0.322 e. The van der Waals surface area contributed by atoms with Gasteiger partial charge in [0.15, 0.2) is 0 Å². The number of benzene rings is 1. The summed E-state index contributed by atoms with van der Waals surface area (Å²) in [5, 5.41) is 4.84. The van der Waals surface area contributed by atoms with Gasteiger partial charge in [-0.25, -0.2) is 4.79 Å². The zero-order chi connectivity index (χ0) is 16.6. The highest BCUT2D eigenvalue weighted by atomic mass is 16.5. The summed E-state index contributed by atoms with van der Waals surface area (Å²) in [5.74, 6) is 0.300. The van der Waals surface area contributed by atoms with Crippen LogP contribution in [0.1, 0.15) is 16.8 Å². The molecule has 122 valence electrons. The Morgan fingerprint density at radius 1 is 1.26 bits per heavy atom. The van der Waals surface area contributed by atoms with E-state index in [9.17, 15) is 14.4 Å². The van der Waals surface area contributed by atoms with Crippen molar-refractivity contribution in [1.29, 1.82) is 0 Å². The molecular weight excluding hydrogens is 302 g/mol. The summed E-state index contributed by atoms with van der Waals surface area (Å²) in [6, 6.07) is 4.43. The molecule has 1 atom stereocenters. The molecule has 1 aromatic carbocycles. The van der Waals surface area contributed by atoms with Crippen LogP contribution >= 0.6 is 0 Å². The summed E-state index contributed by atoms with van der Waals surface area (Å²) < 4.78 is 10.4. The van der Waals surface area contributed by atoms with E-state index in [1.165, 1.54) is 19.1 Å². The molecule has 2 N–H and O–H groups in total. The van der Waals surface area contributed by atoms with E-state index < -0.39 is 17.5 Å². The molecule has 1 aromatic rings. The van der Waals surface area contributed by atoms with Crippen molar-refractivity contribution in [1.82, 2.24) is 15.5 Å². The number of rotatable bonds is 3. The molecule has 0 radical (unpaired) electrons. The average Bonchev–Trinajstić information content (AvgIpc) is 3.10. The number of likely N-dealkylation sites (tertiary alicyclic amines) is 1. The molecule has 8 nitrogen and oxygen atoms in total. The second-order valence-corrected chi connectivity index (χ2v) is 5.53. The summed E-state index contributed by atoms with van der Waals surface area (Å²) in [6.45, 7) is 0.497. The normalized spacial score (nSPS) is 23.0. The van der Waals surface area contributed by atoms with Gasteiger partial charge in [0.05, 0.1) is 26.3 Å². The standard InChI is InChI=1S/C15H17N3O5/c1-22-9-3-4-11(23-2)10(7-9)12(19)18-6-5-15(8-18)13(20)16-14(21)17-15/h3-4,7H,5-6,8H2,1-2H3,(H2,16,17,20,21). The zero-order valence-electron chi connectivity index (χ0n) is 12.8. The summed E-state index contributed by atoms with van der Waals surface area (Å²) in [5.41, 5.74) is -0.674. The van der Waals surface area contributed by atoms with Crippen LogP contribution in [0.5, 0.6) is 11.5 Å². The zero-order valence-corrected chi connectivity index (χ0v) is 12.8. The lowest BCUT2D eigenvalue weighted by atomic mass is 9.99. The van der Waals surface area contributed by atoms with E-state index in [4.69, 9.17) is 9.47 Å². The molecule has 23 heavy (non-hydrogen) atoms. The molecule has 2 aliphatic heterocycles. The van der Waals surface area contributed by atoms with E-state index >= 15 is 0 Å². The van der Waals surface area contributed by atoms with Gasteiger partial charge in [0.25, 0.3) is 11.8 Å². The van der Waals surface area contributed by atoms with Crippen molar-refractivity contribution < 1.29 is 23.9 Å². The van der Waals surface area contributed by atoms with Crippen molar-refractivity contribution in [2.24, 2.45) is 0 Å². The Labute approximate surface area is 132 Å². The number of carbonyl (C=O) groups is 3. The minimum absolute atomic E-state index is 0.129. The van der Waals surface area contributed by atoms with E-state index in [-0.39, 0.29) is 12.5 Å². The minimum Gasteiger partial charge on any atom is -0.497 e. The van der Waals surface area contributed by atoms with Gasteiger partial charge in [0.1, 0.15) is 17.0 Å². The number of hydrogen-bond donors (Lipinski definition) is 2. The topological polar surface area (TPSA) is 97.0 Å². The van der Waals surface area contributed by atoms with E-state index in [0.29, 0.717) is 30.0 Å². The lowest BCUT2D eigenvalue weighted by Gasteiger charge is -2.22. The molecule has 4 amide bonds. The number of hydrogen-bond acceptors (Lipinski definition) is 5. The Morgan fingerprint density at radius 3 is 2.65 bits per heavy atom. The monoisotopic (exact) mass is 319 g/mol. The average molecular weight is 319 g/mol. The second-order valence-electron chi connectivity index (χ2n) is 5.53. The van der Waals surface area contributed by atoms with Crippen LogP contribution in [0.25, 0.3) is 0 Å². The molecule has 2 heterocycles. The maximum atomic E-state index is 12.8. The van der Waals surface area contributed by atoms with Gasteiger partial charge in [-0.05, 0) is 24.6 Å². The molecule has 0 saturated carbocycles. The number of urea groups is 1. The molecule has 0 aromatic heterocycles. The molecule has 2 saturated heterocycles. The Morgan fingerprint density at radius 2 is 2.04 bits per heavy atom. The second kappa shape index (κ2) is 5.45. The summed E-state index contributed by atoms with van der Waals surface area (Å²) in [4.78, 5) is 37.6. The van der Waals surface area contributed by atoms with Gasteiger partial charge < -0.3 is 19.7 Å². The van der Waals surface area contributed by atoms with Crippen LogP contribution in [-0.4, -0.2) is 55.6 Å². The molecule has 1 spiro atoms. The first kappa shape index (κ1) is 15.1. The summed E-state index contributed by atoms with van der Waals surface area (Å²) in [6.07, 6.45) is 0.378. The van der Waals surface area contributed by atoms with Gasteiger partial charge in [0, 0.05) is 6.54 Å². The van der Waals surface area contributed by atoms with Crippen LogP contribution in [0.15, 0.2) is 18.2 Å². The number of nitrogens with zero attached hydrogens (tertiary/aromatic N) is 1. The van der Waals surface area contributed by atoms with Crippen LogP contribution < -0.4 is 20.1 Å². The van der Waals surface area contributed by atoms with Crippen molar-refractivity contribution >= 4 is 17.8 Å². The molecular formula is C15H17N3O5. The molecule has 2 fully saturated rings. The first-order valence-corrected chi connectivity index (χ1v) is 7.14. The predicted octanol–water partition coefficient (Wildman–Crippen LogP) is 0.128. The SMILES string of the molecule is COc1ccc(OC)c(C(=O)N2CCC3(C2)NC(=O)NC3=O)c1. The van der Waals surface area contributed by atoms with Crippen LogP contribution in [0, 0.1) is 0 Å². The summed E-state index contributed by atoms with van der Waals surface area (Å²) in [7, 11) is 2.99. The van der Waals surface area contributed by atoms with Crippen LogP contribution in [-0.2, 0) is 4.79 Å². The quantitative estimate of drug-likeness (QED) is 0.772. The number of carbonyl (C=O) groups excluding carboxylic acids is 3. The molecule has 8 heteroatoms. The van der Waals surface area contributed by atoms with Crippen LogP contribution in [0.2, 0.25) is 0 Å². The Balaban J connectivity index is 1.85. The van der Waals surface area contributed by atoms with Crippen LogP contribution in [0.3, 0.4) is 0 Å². The third-order valence-corrected chi connectivity index (χ3v) is 4.21. The highest BCUT2D eigenvalue weighted by Crippen LogP contribution is 2.30. The van der Waals surface area contributed by atoms with Gasteiger partial charge in [0.2, 0.25) is 0 Å². The fourth-order valence-corrected chi connectivity index (χ4v) is 2.95. The third-order valence-electron chi connectivity index (χ3n) is 4.21. The van der Waals surface area contributed by atoms with Gasteiger partial charge in [-0.15, -0.1) is 0 Å². The lowest BCUT2D eigenvalue weighted by molar-refractivity contribution is -0.123. The van der Waals surface area contributed by atoms with E-state index in [2.05, 4.69) is 10.6 Å². The third kappa shape index (κ3) is 2.45. The fourth-order valence-electron chi connectivity index (χ4n) is 2.95. The largest absolute Gasteiger partial charge is 0.497 e. The molecule has 0 bridgehead atoms. The molecule has 2 aliphatic rings. The number of imide groups is 1. The van der Waals surface area contributed by atoms with Gasteiger partial charge in [-0.3, -0.25) is 14.9 Å². The summed E-state index contributed by atoms with van der Waals surface area (Å²) >= 11 is 0. The van der Waals surface area contributed by atoms with E-state index in [1.807, 2.05) is 0 Å². The highest BCUT2D eigenvalue weighted by molar-refractivity contribution is 6.08. The van der Waals surface area contributed by atoms with Crippen molar-refractivity contribution in [2.45, 2.75) is 12.0 Å². The van der Waals surface area contributed by atoms with Crippen molar-refractivity contribution in [3.8, 4) is 11.5 Å². The maximum absolute atomic E-state index is 12.8. The smallest absolute Gasteiger partial charge is 0.322 e. The number of amides is 4. The number of methoxy groups -OCH3 is 2. The lowest BCUT2D eigenvalue weighted by Crippen LogP contribution is -2.49. The van der Waals surface area contributed by atoms with Gasteiger partial charge >= 0.3 is 6.03 Å². The highest BCUT2D eigenvalue weighted by Gasteiger charge is 2.51. The van der Waals surface area contributed by atoms with Crippen LogP contribution in [0.4, 0.5) is 4.79 Å². The molecule has 1 unspecified atom stereocenters. The molecule has 3 rings (SSSR count). The van der Waals surface area contributed by atoms with E-state index in [0.717, 1.165) is 0 Å². The van der Waals surface area contributed by atoms with Crippen molar-refractivity contribution in [2.75, 3.05) is 27.3 Å². The first-order chi connectivity index (χ1) is 11.0. The molecule has 0 aliphatic carbocycles. The number of ether oxygens (including phenoxy) is 2. The Hall–Kier alpha value is -2.77. The predicted molar refractivity (Wildman–Crippen MR) is 79.5 cm³/mol. The minimum atomic E-state index is -1.03. The number of nitrogens with one attached hydrogen (secondary N) is 2. The first-order valence-electron chi connectivity index (χ1n) is 7.14. The Bertz CT molecular complexity index is 690.